The van der Waals surface area contributed by atoms with Gasteiger partial charge in [0.1, 0.15) is 12.6 Å². The third-order valence-electron chi connectivity index (χ3n) is 2.54. The number of carbonyl (C=O) groups excluding carboxylic acids is 3. The van der Waals surface area contributed by atoms with E-state index in [0.717, 1.165) is 0 Å². The molecule has 0 unspecified atom stereocenters. The van der Waals surface area contributed by atoms with Gasteiger partial charge < -0.3 is 21.0 Å². The number of carboxylic acid groups (broad SMARTS) is 1. The molecule has 0 spiro atoms. The predicted molar refractivity (Wildman–Crippen MR) is 60.3 cm³/mol. The summed E-state index contributed by atoms with van der Waals surface area (Å²) >= 11 is 0. The summed E-state index contributed by atoms with van der Waals surface area (Å²) in [4.78, 5) is 49.7. The number of amides is 2. The molecular formula is C10H15N3O6. The molecule has 106 valence electrons. The Morgan fingerprint density at radius 2 is 2.21 bits per heavy atom. The number of hydroxylamine groups is 2. The Hall–Kier alpha value is -2.16. The van der Waals surface area contributed by atoms with E-state index >= 15 is 0 Å². The molecule has 0 aliphatic carbocycles. The number of aliphatic carboxylic acids is 1. The minimum atomic E-state index is -1.16. The van der Waals surface area contributed by atoms with Crippen LogP contribution < -0.4 is 11.1 Å². The summed E-state index contributed by atoms with van der Waals surface area (Å²) in [7, 11) is 0. The molecule has 0 aromatic carbocycles. The van der Waals surface area contributed by atoms with E-state index in [0.29, 0.717) is 5.06 Å². The van der Waals surface area contributed by atoms with Gasteiger partial charge in [0, 0.05) is 6.42 Å². The number of carbonyl (C=O) groups is 4. The summed E-state index contributed by atoms with van der Waals surface area (Å²) in [6.07, 6.45) is -0.411. The molecule has 1 rings (SSSR count). The molecule has 0 bridgehead atoms. The first-order chi connectivity index (χ1) is 8.82. The predicted octanol–water partition coefficient (Wildman–Crippen LogP) is -2.02. The minimum absolute atomic E-state index is 0.115. The third-order valence-corrected chi connectivity index (χ3v) is 2.54. The molecule has 9 nitrogen and oxygen atoms in total. The first-order valence-corrected chi connectivity index (χ1v) is 5.62. The highest BCUT2D eigenvalue weighted by atomic mass is 16.7. The zero-order chi connectivity index (χ0) is 14.6. The van der Waals surface area contributed by atoms with Gasteiger partial charge in [-0.05, 0) is 13.3 Å². The fraction of sp³-hybridized carbons (Fsp3) is 0.600. The number of nitrogens with one attached hydrogen (secondary N) is 1. The smallest absolute Gasteiger partial charge is 0.351 e. The zero-order valence-electron chi connectivity index (χ0n) is 10.3. The van der Waals surface area contributed by atoms with E-state index in [1.807, 2.05) is 0 Å². The number of hydrogen-bond donors (Lipinski definition) is 3. The molecular weight excluding hydrogens is 258 g/mol. The van der Waals surface area contributed by atoms with Crippen molar-refractivity contribution in [2.75, 3.05) is 6.54 Å². The molecule has 9 heteroatoms. The first kappa shape index (κ1) is 14.9. The van der Waals surface area contributed by atoms with Crippen LogP contribution in [-0.2, 0) is 24.0 Å². The second-order valence-electron chi connectivity index (χ2n) is 4.06. The van der Waals surface area contributed by atoms with E-state index in [1.54, 1.807) is 0 Å². The Labute approximate surface area is 108 Å². The molecule has 1 saturated heterocycles. The van der Waals surface area contributed by atoms with E-state index in [1.165, 1.54) is 6.92 Å². The molecule has 2 atom stereocenters. The third kappa shape index (κ3) is 3.91. The number of hydrogen-bond acceptors (Lipinski definition) is 6. The van der Waals surface area contributed by atoms with Crippen molar-refractivity contribution in [2.45, 2.75) is 31.8 Å². The van der Waals surface area contributed by atoms with E-state index in [9.17, 15) is 19.2 Å². The van der Waals surface area contributed by atoms with Crippen molar-refractivity contribution in [2.24, 2.45) is 5.73 Å². The lowest BCUT2D eigenvalue weighted by atomic mass is 10.1. The largest absolute Gasteiger partial charge is 0.481 e. The SMILES string of the molecule is C[C@H]1C(=O)NCC(=O)ON1C(=O)[C@@H](N)CCC(=O)O. The van der Waals surface area contributed by atoms with Crippen LogP contribution in [0.2, 0.25) is 0 Å². The van der Waals surface area contributed by atoms with Gasteiger partial charge in [-0.1, -0.05) is 0 Å². The van der Waals surface area contributed by atoms with Gasteiger partial charge in [0.05, 0.1) is 6.04 Å². The van der Waals surface area contributed by atoms with Gasteiger partial charge >= 0.3 is 11.9 Å². The van der Waals surface area contributed by atoms with Crippen molar-refractivity contribution in [1.29, 1.82) is 0 Å². The molecule has 1 aliphatic rings. The highest BCUT2D eigenvalue weighted by Gasteiger charge is 2.35. The van der Waals surface area contributed by atoms with E-state index in [4.69, 9.17) is 15.7 Å². The van der Waals surface area contributed by atoms with Crippen LogP contribution >= 0.6 is 0 Å². The van der Waals surface area contributed by atoms with Crippen LogP contribution in [0.1, 0.15) is 19.8 Å². The number of nitrogens with zero attached hydrogens (tertiary/aromatic N) is 1. The van der Waals surface area contributed by atoms with Gasteiger partial charge in [-0.3, -0.25) is 14.4 Å². The van der Waals surface area contributed by atoms with Crippen molar-refractivity contribution in [3.63, 3.8) is 0 Å². The zero-order valence-corrected chi connectivity index (χ0v) is 10.3. The number of rotatable bonds is 4. The van der Waals surface area contributed by atoms with Gasteiger partial charge in [0.25, 0.3) is 5.91 Å². The number of carboxylic acids is 1. The van der Waals surface area contributed by atoms with Crippen LogP contribution in [0.25, 0.3) is 0 Å². The van der Waals surface area contributed by atoms with Crippen LogP contribution in [0.5, 0.6) is 0 Å². The molecule has 2 amide bonds. The average molecular weight is 273 g/mol. The molecule has 0 aromatic heterocycles. The topological polar surface area (TPSA) is 139 Å². The standard InChI is InChI=1S/C10H15N3O6/c1-5-9(17)12-4-8(16)19-13(5)10(18)6(11)2-3-7(14)15/h5-6H,2-4,11H2,1H3,(H,12,17)(H,14,15)/t5-,6-/m0/s1. The van der Waals surface area contributed by atoms with Crippen LogP contribution in [0.3, 0.4) is 0 Å². The van der Waals surface area contributed by atoms with E-state index < -0.39 is 35.8 Å². The van der Waals surface area contributed by atoms with Crippen LogP contribution in [-0.4, -0.2) is 52.6 Å². The first-order valence-electron chi connectivity index (χ1n) is 5.62. The normalized spacial score (nSPS) is 21.2. The van der Waals surface area contributed by atoms with Crippen molar-refractivity contribution in [1.82, 2.24) is 10.4 Å². The molecule has 4 N–H and O–H groups in total. The Morgan fingerprint density at radius 3 is 2.79 bits per heavy atom. The van der Waals surface area contributed by atoms with E-state index in [2.05, 4.69) is 5.32 Å². The summed E-state index contributed by atoms with van der Waals surface area (Å²) in [5.41, 5.74) is 5.52. The molecule has 19 heavy (non-hydrogen) atoms. The fourth-order valence-electron chi connectivity index (χ4n) is 1.44. The van der Waals surface area contributed by atoms with Crippen LogP contribution in [0, 0.1) is 0 Å². The lowest BCUT2D eigenvalue weighted by Crippen LogP contribution is -2.51. The summed E-state index contributed by atoms with van der Waals surface area (Å²) in [5, 5.41) is 11.4. The van der Waals surface area contributed by atoms with Crippen molar-refractivity contribution in [3.05, 3.63) is 0 Å². The Kier molecular flexibility index (Phi) is 4.81. The van der Waals surface area contributed by atoms with Crippen LogP contribution in [0.4, 0.5) is 0 Å². The highest BCUT2D eigenvalue weighted by Crippen LogP contribution is 2.09. The van der Waals surface area contributed by atoms with Gasteiger partial charge in [0.2, 0.25) is 5.91 Å². The van der Waals surface area contributed by atoms with Crippen molar-refractivity contribution >= 4 is 23.8 Å². The van der Waals surface area contributed by atoms with E-state index in [-0.39, 0.29) is 19.4 Å². The fourth-order valence-corrected chi connectivity index (χ4v) is 1.44. The maximum atomic E-state index is 11.9. The molecule has 1 fully saturated rings. The van der Waals surface area contributed by atoms with Gasteiger partial charge in [0.15, 0.2) is 0 Å². The Balaban J connectivity index is 2.74. The molecule has 0 radical (unpaired) electrons. The second-order valence-corrected chi connectivity index (χ2v) is 4.06. The summed E-state index contributed by atoms with van der Waals surface area (Å²) in [6, 6.07) is -2.17. The minimum Gasteiger partial charge on any atom is -0.481 e. The lowest BCUT2D eigenvalue weighted by molar-refractivity contribution is -0.203. The van der Waals surface area contributed by atoms with Gasteiger partial charge in [-0.25, -0.2) is 4.79 Å². The van der Waals surface area contributed by atoms with Crippen LogP contribution in [0.15, 0.2) is 0 Å². The quantitative estimate of drug-likeness (QED) is 0.537. The monoisotopic (exact) mass is 273 g/mol. The Bertz CT molecular complexity index is 410. The van der Waals surface area contributed by atoms with Gasteiger partial charge in [-0.2, -0.15) is 5.06 Å². The maximum Gasteiger partial charge on any atom is 0.351 e. The van der Waals surface area contributed by atoms with Crippen molar-refractivity contribution in [3.8, 4) is 0 Å². The van der Waals surface area contributed by atoms with Gasteiger partial charge in [-0.15, -0.1) is 0 Å². The molecule has 1 aliphatic heterocycles. The number of nitrogens with two attached hydrogens (primary N) is 1. The highest BCUT2D eigenvalue weighted by molar-refractivity contribution is 5.93. The molecule has 0 aromatic rings. The Morgan fingerprint density at radius 1 is 1.58 bits per heavy atom. The maximum absolute atomic E-state index is 11.9. The molecule has 1 heterocycles. The van der Waals surface area contributed by atoms with Crippen molar-refractivity contribution < 1.29 is 29.1 Å². The average Bonchev–Trinajstić information content (AvgIpc) is 2.48. The second kappa shape index (κ2) is 6.14. The summed E-state index contributed by atoms with van der Waals surface area (Å²) in [5.74, 6) is -3.25. The summed E-state index contributed by atoms with van der Waals surface area (Å²) in [6.45, 7) is 1.03. The summed E-state index contributed by atoms with van der Waals surface area (Å²) < 4.78 is 0. The lowest BCUT2D eigenvalue weighted by Gasteiger charge is -2.25. The molecule has 0 saturated carbocycles.